The molecule has 1 N–H and O–H groups in total. The van der Waals surface area contributed by atoms with E-state index < -0.39 is 0 Å². The normalized spacial score (nSPS) is 25.7. The number of benzene rings is 1. The van der Waals surface area contributed by atoms with E-state index in [4.69, 9.17) is 0 Å². The lowest BCUT2D eigenvalue weighted by atomic mass is 10.1. The average Bonchev–Trinajstić information content (AvgIpc) is 2.64. The zero-order chi connectivity index (χ0) is 10.7. The van der Waals surface area contributed by atoms with Crippen molar-refractivity contribution in [3.05, 3.63) is 34.3 Å². The van der Waals surface area contributed by atoms with Crippen LogP contribution >= 0.6 is 27.7 Å². The van der Waals surface area contributed by atoms with Crippen LogP contribution < -0.4 is 5.32 Å². The van der Waals surface area contributed by atoms with Gasteiger partial charge in [0.2, 0.25) is 0 Å². The van der Waals surface area contributed by atoms with Crippen LogP contribution in [0.2, 0.25) is 0 Å². The Kier molecular flexibility index (Phi) is 4.12. The summed E-state index contributed by atoms with van der Waals surface area (Å²) < 4.78 is 1.15. The van der Waals surface area contributed by atoms with Gasteiger partial charge in [0, 0.05) is 28.1 Å². The number of hydrogen-bond acceptors (Lipinski definition) is 2. The number of thioether (sulfide) groups is 1. The molecule has 1 fully saturated rings. The Bertz CT molecular complexity index is 312. The summed E-state index contributed by atoms with van der Waals surface area (Å²) in [6.07, 6.45) is 1.31. The van der Waals surface area contributed by atoms with Crippen molar-refractivity contribution in [2.45, 2.75) is 31.2 Å². The van der Waals surface area contributed by atoms with Gasteiger partial charge in [0.05, 0.1) is 0 Å². The second-order valence-electron chi connectivity index (χ2n) is 4.08. The van der Waals surface area contributed by atoms with Gasteiger partial charge in [0.25, 0.3) is 0 Å². The summed E-state index contributed by atoms with van der Waals surface area (Å²) in [6.45, 7) is 3.30. The van der Waals surface area contributed by atoms with E-state index in [1.54, 1.807) is 0 Å². The van der Waals surface area contributed by atoms with Gasteiger partial charge in [-0.3, -0.25) is 0 Å². The smallest absolute Gasteiger partial charge is 0.0208 e. The quantitative estimate of drug-likeness (QED) is 0.913. The lowest BCUT2D eigenvalue weighted by molar-refractivity contribution is 0.538. The lowest BCUT2D eigenvalue weighted by Gasteiger charge is -2.11. The Balaban J connectivity index is 1.80. The van der Waals surface area contributed by atoms with Crippen LogP contribution in [-0.4, -0.2) is 17.0 Å². The Labute approximate surface area is 104 Å². The molecule has 1 aliphatic heterocycles. The molecule has 1 aromatic carbocycles. The van der Waals surface area contributed by atoms with Crippen molar-refractivity contribution in [3.8, 4) is 0 Å². The van der Waals surface area contributed by atoms with E-state index in [0.717, 1.165) is 16.3 Å². The van der Waals surface area contributed by atoms with Crippen LogP contribution in [0.4, 0.5) is 0 Å². The van der Waals surface area contributed by atoms with Crippen LogP contribution in [0.5, 0.6) is 0 Å². The van der Waals surface area contributed by atoms with Crippen LogP contribution in [-0.2, 0) is 6.54 Å². The SMILES string of the molecule is CC1CC(NCc2ccc(Br)cc2)CS1. The molecule has 0 saturated carbocycles. The first-order valence-electron chi connectivity index (χ1n) is 5.33. The molecule has 1 heterocycles. The molecule has 0 aliphatic carbocycles. The number of rotatable bonds is 3. The second kappa shape index (κ2) is 5.37. The summed E-state index contributed by atoms with van der Waals surface area (Å²) in [6, 6.07) is 9.24. The maximum absolute atomic E-state index is 3.61. The largest absolute Gasteiger partial charge is 0.309 e. The van der Waals surface area contributed by atoms with E-state index in [0.29, 0.717) is 6.04 Å². The average molecular weight is 286 g/mol. The van der Waals surface area contributed by atoms with E-state index in [1.165, 1.54) is 17.7 Å². The fraction of sp³-hybridized carbons (Fsp3) is 0.500. The molecule has 0 aromatic heterocycles. The predicted octanol–water partition coefficient (Wildman–Crippen LogP) is 3.43. The van der Waals surface area contributed by atoms with Crippen LogP contribution in [0.15, 0.2) is 28.7 Å². The van der Waals surface area contributed by atoms with Gasteiger partial charge in [-0.1, -0.05) is 35.0 Å². The Morgan fingerprint density at radius 1 is 1.40 bits per heavy atom. The predicted molar refractivity (Wildman–Crippen MR) is 71.3 cm³/mol. The van der Waals surface area contributed by atoms with Crippen molar-refractivity contribution in [2.75, 3.05) is 5.75 Å². The van der Waals surface area contributed by atoms with Gasteiger partial charge in [-0.05, 0) is 24.1 Å². The molecule has 2 atom stereocenters. The van der Waals surface area contributed by atoms with Crippen molar-refractivity contribution in [1.82, 2.24) is 5.32 Å². The van der Waals surface area contributed by atoms with E-state index in [2.05, 4.69) is 64.2 Å². The highest BCUT2D eigenvalue weighted by molar-refractivity contribution is 9.10. The van der Waals surface area contributed by atoms with Gasteiger partial charge in [-0.15, -0.1) is 0 Å². The van der Waals surface area contributed by atoms with E-state index in [9.17, 15) is 0 Å². The molecule has 82 valence electrons. The fourth-order valence-corrected chi connectivity index (χ4v) is 3.27. The third kappa shape index (κ3) is 3.51. The van der Waals surface area contributed by atoms with Crippen molar-refractivity contribution in [2.24, 2.45) is 0 Å². The molecule has 0 spiro atoms. The van der Waals surface area contributed by atoms with E-state index >= 15 is 0 Å². The van der Waals surface area contributed by atoms with Gasteiger partial charge < -0.3 is 5.32 Å². The fourth-order valence-electron chi connectivity index (χ4n) is 1.82. The number of halogens is 1. The van der Waals surface area contributed by atoms with E-state index in [-0.39, 0.29) is 0 Å². The molecule has 0 radical (unpaired) electrons. The van der Waals surface area contributed by atoms with Gasteiger partial charge in [0.15, 0.2) is 0 Å². The zero-order valence-corrected chi connectivity index (χ0v) is 11.3. The molecule has 1 saturated heterocycles. The highest BCUT2D eigenvalue weighted by atomic mass is 79.9. The van der Waals surface area contributed by atoms with E-state index in [1.807, 2.05) is 0 Å². The monoisotopic (exact) mass is 285 g/mol. The molecule has 1 aliphatic rings. The highest BCUT2D eigenvalue weighted by Crippen LogP contribution is 2.26. The molecular formula is C12H16BrNS. The van der Waals surface area contributed by atoms with Crippen LogP contribution in [0.3, 0.4) is 0 Å². The maximum Gasteiger partial charge on any atom is 0.0208 e. The Morgan fingerprint density at radius 3 is 2.73 bits per heavy atom. The first kappa shape index (κ1) is 11.5. The third-order valence-corrected chi connectivity index (χ3v) is 4.59. The van der Waals surface area contributed by atoms with Crippen molar-refractivity contribution in [3.63, 3.8) is 0 Å². The minimum Gasteiger partial charge on any atom is -0.309 e. The molecule has 0 amide bonds. The third-order valence-electron chi connectivity index (χ3n) is 2.71. The first-order chi connectivity index (χ1) is 7.24. The summed E-state index contributed by atoms with van der Waals surface area (Å²) in [4.78, 5) is 0. The first-order valence-corrected chi connectivity index (χ1v) is 7.17. The lowest BCUT2D eigenvalue weighted by Crippen LogP contribution is -2.28. The molecule has 0 bridgehead atoms. The summed E-state index contributed by atoms with van der Waals surface area (Å²) in [5.74, 6) is 1.26. The molecule has 1 nitrogen and oxygen atoms in total. The minimum atomic E-state index is 0.702. The van der Waals surface area contributed by atoms with Crippen LogP contribution in [0.25, 0.3) is 0 Å². The molecule has 3 heteroatoms. The van der Waals surface area contributed by atoms with Gasteiger partial charge in [-0.25, -0.2) is 0 Å². The summed E-state index contributed by atoms with van der Waals surface area (Å²) in [7, 11) is 0. The standard InChI is InChI=1S/C12H16BrNS/c1-9-6-12(8-15-9)14-7-10-2-4-11(13)5-3-10/h2-5,9,12,14H,6-8H2,1H3. The minimum absolute atomic E-state index is 0.702. The summed E-state index contributed by atoms with van der Waals surface area (Å²) in [5.41, 5.74) is 1.36. The zero-order valence-electron chi connectivity index (χ0n) is 8.87. The molecule has 1 aromatic rings. The molecular weight excluding hydrogens is 270 g/mol. The van der Waals surface area contributed by atoms with Gasteiger partial charge in [-0.2, -0.15) is 11.8 Å². The maximum atomic E-state index is 3.61. The second-order valence-corrected chi connectivity index (χ2v) is 6.47. The Hall–Kier alpha value is 0.01000. The molecule has 15 heavy (non-hydrogen) atoms. The van der Waals surface area contributed by atoms with Crippen molar-refractivity contribution < 1.29 is 0 Å². The van der Waals surface area contributed by atoms with Gasteiger partial charge >= 0.3 is 0 Å². The van der Waals surface area contributed by atoms with Gasteiger partial charge in [0.1, 0.15) is 0 Å². The highest BCUT2D eigenvalue weighted by Gasteiger charge is 2.20. The van der Waals surface area contributed by atoms with Crippen molar-refractivity contribution >= 4 is 27.7 Å². The number of nitrogens with one attached hydrogen (secondary N) is 1. The van der Waals surface area contributed by atoms with Crippen LogP contribution in [0.1, 0.15) is 18.9 Å². The van der Waals surface area contributed by atoms with Crippen molar-refractivity contribution in [1.29, 1.82) is 0 Å². The van der Waals surface area contributed by atoms with Crippen LogP contribution in [0, 0.1) is 0 Å². The molecule has 2 rings (SSSR count). The topological polar surface area (TPSA) is 12.0 Å². The Morgan fingerprint density at radius 2 is 2.13 bits per heavy atom. The summed E-state index contributed by atoms with van der Waals surface area (Å²) >= 11 is 5.52. The number of hydrogen-bond donors (Lipinski definition) is 1. The summed E-state index contributed by atoms with van der Waals surface area (Å²) in [5, 5.41) is 4.44. The molecule has 2 unspecified atom stereocenters.